The van der Waals surface area contributed by atoms with Gasteiger partial charge in [-0.05, 0) is 38.5 Å². The van der Waals surface area contributed by atoms with Crippen LogP contribution in [0.1, 0.15) is 35.2 Å². The zero-order valence-corrected chi connectivity index (χ0v) is 14.9. The Bertz CT molecular complexity index is 894. The van der Waals surface area contributed by atoms with Gasteiger partial charge in [0, 0.05) is 24.5 Å². The third kappa shape index (κ3) is 3.88. The van der Waals surface area contributed by atoms with Crippen molar-refractivity contribution in [1.82, 2.24) is 19.4 Å². The molecule has 3 rings (SSSR count). The van der Waals surface area contributed by atoms with Crippen LogP contribution in [0.4, 0.5) is 5.95 Å². The number of pyridine rings is 1. The van der Waals surface area contributed by atoms with Crippen molar-refractivity contribution in [2.24, 2.45) is 0 Å². The van der Waals surface area contributed by atoms with Crippen molar-refractivity contribution in [3.63, 3.8) is 0 Å². The molecular formula is C17H20ClN5O2. The number of nitrogens with zero attached hydrogens (tertiary/aromatic N) is 4. The van der Waals surface area contributed by atoms with Crippen LogP contribution in [-0.4, -0.2) is 31.7 Å². The summed E-state index contributed by atoms with van der Waals surface area (Å²) in [6, 6.07) is 5.46. The van der Waals surface area contributed by atoms with Gasteiger partial charge >= 0.3 is 0 Å². The van der Waals surface area contributed by atoms with Crippen LogP contribution in [0.15, 0.2) is 30.6 Å². The lowest BCUT2D eigenvalue weighted by Crippen LogP contribution is -2.08. The highest BCUT2D eigenvalue weighted by atomic mass is 35.5. The minimum Gasteiger partial charge on any atom is -0.490 e. The fourth-order valence-corrected chi connectivity index (χ4v) is 2.67. The summed E-state index contributed by atoms with van der Waals surface area (Å²) in [7, 11) is 0. The summed E-state index contributed by atoms with van der Waals surface area (Å²) in [5, 5.41) is 0. The van der Waals surface area contributed by atoms with Crippen LogP contribution >= 0.6 is 12.4 Å². The van der Waals surface area contributed by atoms with E-state index in [1.54, 1.807) is 16.7 Å². The van der Waals surface area contributed by atoms with E-state index >= 15 is 0 Å². The van der Waals surface area contributed by atoms with Gasteiger partial charge in [-0.2, -0.15) is 0 Å². The molecule has 0 aliphatic heterocycles. The van der Waals surface area contributed by atoms with E-state index in [0.717, 1.165) is 5.69 Å². The maximum Gasteiger partial charge on any atom is 0.220 e. The van der Waals surface area contributed by atoms with Crippen LogP contribution in [0, 0.1) is 6.92 Å². The molecule has 8 heteroatoms. The number of hydrogen-bond acceptors (Lipinski definition) is 6. The Morgan fingerprint density at radius 2 is 2.12 bits per heavy atom. The Labute approximate surface area is 151 Å². The second kappa shape index (κ2) is 7.94. The first-order valence-electron chi connectivity index (χ1n) is 7.81. The van der Waals surface area contributed by atoms with E-state index in [-0.39, 0.29) is 24.1 Å². The number of hydrogen-bond donors (Lipinski definition) is 1. The first kappa shape index (κ1) is 18.7. The van der Waals surface area contributed by atoms with Gasteiger partial charge in [0.05, 0.1) is 12.3 Å². The van der Waals surface area contributed by atoms with Crippen molar-refractivity contribution in [2.75, 3.05) is 12.3 Å². The van der Waals surface area contributed by atoms with Gasteiger partial charge in [0.1, 0.15) is 5.69 Å². The topological polar surface area (TPSA) is 95.4 Å². The van der Waals surface area contributed by atoms with Gasteiger partial charge in [-0.1, -0.05) is 0 Å². The van der Waals surface area contributed by atoms with Gasteiger partial charge in [-0.15, -0.1) is 12.4 Å². The van der Waals surface area contributed by atoms with Crippen LogP contribution in [-0.2, 0) is 6.42 Å². The predicted molar refractivity (Wildman–Crippen MR) is 97.4 cm³/mol. The maximum absolute atomic E-state index is 12.7. The number of carbonyl (C=O) groups is 1. The molecule has 0 bridgehead atoms. The molecule has 2 N–H and O–H groups in total. The molecule has 0 amide bonds. The summed E-state index contributed by atoms with van der Waals surface area (Å²) in [5.41, 5.74) is 8.24. The van der Waals surface area contributed by atoms with Crippen LogP contribution in [0.5, 0.6) is 5.75 Å². The number of aromatic nitrogens is 4. The molecule has 0 spiro atoms. The van der Waals surface area contributed by atoms with Crippen molar-refractivity contribution in [1.29, 1.82) is 0 Å². The fraction of sp³-hybridized carbons (Fsp3) is 0.294. The van der Waals surface area contributed by atoms with E-state index < -0.39 is 0 Å². The molecule has 0 atom stereocenters. The first-order chi connectivity index (χ1) is 11.6. The van der Waals surface area contributed by atoms with Gasteiger partial charge in [-0.25, -0.2) is 15.0 Å². The minimum atomic E-state index is 0. The maximum atomic E-state index is 12.7. The van der Waals surface area contributed by atoms with Crippen LogP contribution in [0.25, 0.3) is 5.65 Å². The van der Waals surface area contributed by atoms with E-state index in [4.69, 9.17) is 10.5 Å². The largest absolute Gasteiger partial charge is 0.490 e. The molecule has 0 saturated heterocycles. The van der Waals surface area contributed by atoms with E-state index in [1.165, 1.54) is 0 Å². The Morgan fingerprint density at radius 3 is 2.84 bits per heavy atom. The summed E-state index contributed by atoms with van der Waals surface area (Å²) in [6.45, 7) is 4.29. The molecule has 3 aromatic heterocycles. The number of halogens is 1. The highest BCUT2D eigenvalue weighted by molar-refractivity contribution is 5.96. The van der Waals surface area contributed by atoms with Crippen molar-refractivity contribution in [3.8, 4) is 5.75 Å². The molecule has 0 aliphatic rings. The molecule has 0 unspecified atom stereocenters. The van der Waals surface area contributed by atoms with E-state index in [9.17, 15) is 4.79 Å². The van der Waals surface area contributed by atoms with E-state index in [0.29, 0.717) is 42.2 Å². The lowest BCUT2D eigenvalue weighted by Gasteiger charge is -2.06. The summed E-state index contributed by atoms with van der Waals surface area (Å²) >= 11 is 0. The highest BCUT2D eigenvalue weighted by Crippen LogP contribution is 2.23. The molecule has 0 aromatic carbocycles. The van der Waals surface area contributed by atoms with Gasteiger partial charge in [0.15, 0.2) is 17.2 Å². The number of carbonyl (C=O) groups excluding carboxylic acids is 1. The van der Waals surface area contributed by atoms with Crippen LogP contribution < -0.4 is 10.5 Å². The Hall–Kier alpha value is -2.67. The van der Waals surface area contributed by atoms with Gasteiger partial charge in [0.2, 0.25) is 5.95 Å². The number of ketones is 1. The number of nitrogen functional groups attached to an aromatic ring is 1. The van der Waals surface area contributed by atoms with E-state index in [2.05, 4.69) is 15.0 Å². The Balaban J connectivity index is 0.00000225. The fourth-order valence-electron chi connectivity index (χ4n) is 2.67. The number of fused-ring (bicyclic) bond motifs is 1. The predicted octanol–water partition coefficient (Wildman–Crippen LogP) is 2.65. The monoisotopic (exact) mass is 361 g/mol. The van der Waals surface area contributed by atoms with Crippen LogP contribution in [0.3, 0.4) is 0 Å². The van der Waals surface area contributed by atoms with Crippen molar-refractivity contribution >= 4 is 29.8 Å². The highest BCUT2D eigenvalue weighted by Gasteiger charge is 2.18. The third-order valence-corrected chi connectivity index (χ3v) is 3.69. The van der Waals surface area contributed by atoms with Gasteiger partial charge in [-0.3, -0.25) is 9.20 Å². The number of anilines is 1. The van der Waals surface area contributed by atoms with Gasteiger partial charge < -0.3 is 10.5 Å². The minimum absolute atomic E-state index is 0. The lowest BCUT2D eigenvalue weighted by atomic mass is 10.1. The number of rotatable bonds is 6. The molecular weight excluding hydrogens is 342 g/mol. The van der Waals surface area contributed by atoms with Crippen molar-refractivity contribution in [3.05, 3.63) is 47.7 Å². The summed E-state index contributed by atoms with van der Waals surface area (Å²) in [5.74, 6) is 0.892. The van der Waals surface area contributed by atoms with Crippen molar-refractivity contribution in [2.45, 2.75) is 26.7 Å². The average molecular weight is 362 g/mol. The number of Topliss-reactive ketones (excluding diaryl/α,β-unsaturated/α-hetero) is 1. The second-order valence-electron chi connectivity index (χ2n) is 5.37. The number of ether oxygens (including phenoxy) is 1. The molecule has 132 valence electrons. The summed E-state index contributed by atoms with van der Waals surface area (Å²) < 4.78 is 7.37. The Morgan fingerprint density at radius 1 is 1.32 bits per heavy atom. The van der Waals surface area contributed by atoms with Crippen molar-refractivity contribution < 1.29 is 9.53 Å². The molecule has 0 aliphatic carbocycles. The zero-order valence-electron chi connectivity index (χ0n) is 14.1. The standard InChI is InChI=1S/C17H19N5O2.ClH/c1-3-24-14-5-4-10-22-15(11(2)20-16(14)22)13(23)7-6-12-8-9-19-17(18)21-12;/h4-5,8-10H,3,6-7H2,1-2H3,(H2,18,19,21);1H. The molecule has 0 radical (unpaired) electrons. The SMILES string of the molecule is CCOc1cccn2c(C(=O)CCc3ccnc(N)n3)c(C)nc12.Cl. The van der Waals surface area contributed by atoms with Crippen LogP contribution in [0.2, 0.25) is 0 Å². The molecule has 7 nitrogen and oxygen atoms in total. The number of nitrogens with two attached hydrogens (primary N) is 1. The smallest absolute Gasteiger partial charge is 0.220 e. The molecule has 3 aromatic rings. The molecule has 0 fully saturated rings. The normalized spacial score (nSPS) is 10.5. The number of aryl methyl sites for hydroxylation is 2. The molecule has 3 heterocycles. The lowest BCUT2D eigenvalue weighted by molar-refractivity contribution is 0.0976. The molecule has 25 heavy (non-hydrogen) atoms. The first-order valence-corrected chi connectivity index (χ1v) is 7.81. The second-order valence-corrected chi connectivity index (χ2v) is 5.37. The zero-order chi connectivity index (χ0) is 17.1. The summed E-state index contributed by atoms with van der Waals surface area (Å²) in [4.78, 5) is 25.2. The number of imidazole rings is 1. The Kier molecular flexibility index (Phi) is 5.93. The molecule has 0 saturated carbocycles. The quantitative estimate of drug-likeness (QED) is 0.678. The van der Waals surface area contributed by atoms with Gasteiger partial charge in [0.25, 0.3) is 0 Å². The average Bonchev–Trinajstić information content (AvgIpc) is 2.90. The third-order valence-electron chi connectivity index (χ3n) is 3.69. The summed E-state index contributed by atoms with van der Waals surface area (Å²) in [6.07, 6.45) is 4.25. The van der Waals surface area contributed by atoms with E-state index in [1.807, 2.05) is 32.2 Å².